The van der Waals surface area contributed by atoms with E-state index in [-0.39, 0.29) is 36.9 Å². The van der Waals surface area contributed by atoms with Crippen molar-refractivity contribution >= 4 is 11.7 Å². The van der Waals surface area contributed by atoms with Crippen molar-refractivity contribution < 1.29 is 24.5 Å². The van der Waals surface area contributed by atoms with Crippen molar-refractivity contribution in [1.29, 1.82) is 0 Å². The number of aliphatic hydroxyl groups excluding tert-OH is 2. The van der Waals surface area contributed by atoms with Gasteiger partial charge in [-0.15, -0.1) is 0 Å². The Morgan fingerprint density at radius 2 is 2.08 bits per heavy atom. The third kappa shape index (κ3) is 4.25. The highest BCUT2D eigenvalue weighted by Gasteiger charge is 2.42. The van der Waals surface area contributed by atoms with Gasteiger partial charge in [0.1, 0.15) is 12.4 Å². The molecule has 6 nitrogen and oxygen atoms in total. The molecule has 0 aliphatic carbocycles. The van der Waals surface area contributed by atoms with Gasteiger partial charge < -0.3 is 19.8 Å². The van der Waals surface area contributed by atoms with E-state index >= 15 is 0 Å². The molecule has 1 unspecified atom stereocenters. The first-order valence-electron chi connectivity index (χ1n) is 9.01. The molecule has 26 heavy (non-hydrogen) atoms. The molecule has 0 saturated heterocycles. The highest BCUT2D eigenvalue weighted by atomic mass is 16.5. The molecule has 142 valence electrons. The average molecular weight is 361 g/mol. The number of aliphatic hydroxyl groups is 2. The van der Waals surface area contributed by atoms with E-state index in [1.165, 1.54) is 4.90 Å². The fourth-order valence-electron chi connectivity index (χ4n) is 3.18. The van der Waals surface area contributed by atoms with Crippen LogP contribution in [0.25, 0.3) is 0 Å². The van der Waals surface area contributed by atoms with E-state index in [1.54, 1.807) is 18.2 Å². The van der Waals surface area contributed by atoms with E-state index in [1.807, 2.05) is 26.8 Å². The van der Waals surface area contributed by atoms with E-state index in [0.717, 1.165) is 0 Å². The molecule has 1 amide bonds. The van der Waals surface area contributed by atoms with Crippen LogP contribution in [0.3, 0.4) is 0 Å². The Labute approximate surface area is 154 Å². The monoisotopic (exact) mass is 361 g/mol. The van der Waals surface area contributed by atoms with Crippen LogP contribution in [0, 0.1) is 5.92 Å². The highest BCUT2D eigenvalue weighted by molar-refractivity contribution is 6.09. The fraction of sp³-hybridized carbons (Fsp3) is 0.500. The highest BCUT2D eigenvalue weighted by Crippen LogP contribution is 2.39. The van der Waals surface area contributed by atoms with Crippen molar-refractivity contribution in [2.24, 2.45) is 5.92 Å². The van der Waals surface area contributed by atoms with Gasteiger partial charge in [-0.1, -0.05) is 32.9 Å². The summed E-state index contributed by atoms with van der Waals surface area (Å²) < 4.78 is 5.45. The maximum absolute atomic E-state index is 12.7. The standard InChI is InChI=1S/C20H27NO5/c1-4-8-21-18(14-6-5-7-15(12-14)26-10-9-22)17(19(24)20(21)25)16(23)11-13(2)3/h5-7,12-13,18,22,24H,4,8-11H2,1-3H3. The number of carbonyl (C=O) groups is 2. The van der Waals surface area contributed by atoms with Crippen molar-refractivity contribution in [2.45, 2.75) is 39.7 Å². The van der Waals surface area contributed by atoms with E-state index in [0.29, 0.717) is 24.3 Å². The van der Waals surface area contributed by atoms with Crippen LogP contribution in [-0.4, -0.2) is 46.6 Å². The molecule has 1 atom stereocenters. The minimum atomic E-state index is -0.619. The summed E-state index contributed by atoms with van der Waals surface area (Å²) in [5.74, 6) is -0.502. The number of rotatable bonds is 9. The summed E-state index contributed by atoms with van der Waals surface area (Å²) in [6.45, 7) is 6.28. The molecule has 0 radical (unpaired) electrons. The molecule has 0 fully saturated rings. The van der Waals surface area contributed by atoms with Gasteiger partial charge >= 0.3 is 0 Å². The zero-order valence-corrected chi connectivity index (χ0v) is 15.6. The third-order valence-electron chi connectivity index (χ3n) is 4.20. The molecular weight excluding hydrogens is 334 g/mol. The number of benzene rings is 1. The Bertz CT molecular complexity index is 695. The number of hydrogen-bond acceptors (Lipinski definition) is 5. The lowest BCUT2D eigenvalue weighted by molar-refractivity contribution is -0.129. The van der Waals surface area contributed by atoms with Gasteiger partial charge in [0.15, 0.2) is 11.5 Å². The molecule has 6 heteroatoms. The van der Waals surface area contributed by atoms with Crippen LogP contribution < -0.4 is 4.74 Å². The molecular formula is C20H27NO5. The summed E-state index contributed by atoms with van der Waals surface area (Å²) in [5.41, 5.74) is 0.870. The second kappa shape index (κ2) is 8.85. The predicted octanol–water partition coefficient (Wildman–Crippen LogP) is 2.78. The van der Waals surface area contributed by atoms with E-state index in [4.69, 9.17) is 9.84 Å². The van der Waals surface area contributed by atoms with E-state index in [2.05, 4.69) is 0 Å². The quantitative estimate of drug-likeness (QED) is 0.706. The Morgan fingerprint density at radius 3 is 2.69 bits per heavy atom. The first kappa shape index (κ1) is 20.0. The van der Waals surface area contributed by atoms with Gasteiger partial charge in [-0.25, -0.2) is 0 Å². The van der Waals surface area contributed by atoms with Gasteiger partial charge in [0.05, 0.1) is 18.2 Å². The molecule has 1 aromatic rings. The smallest absolute Gasteiger partial charge is 0.290 e. The van der Waals surface area contributed by atoms with Crippen LogP contribution in [0.2, 0.25) is 0 Å². The van der Waals surface area contributed by atoms with Crippen LogP contribution in [0.1, 0.15) is 45.2 Å². The molecule has 1 aliphatic heterocycles. The van der Waals surface area contributed by atoms with Gasteiger partial charge in [-0.2, -0.15) is 0 Å². The van der Waals surface area contributed by atoms with E-state index < -0.39 is 17.7 Å². The summed E-state index contributed by atoms with van der Waals surface area (Å²) in [6, 6.07) is 6.47. The molecule has 2 rings (SSSR count). The van der Waals surface area contributed by atoms with Gasteiger partial charge in [-0.05, 0) is 30.0 Å². The number of ketones is 1. The van der Waals surface area contributed by atoms with Gasteiger partial charge in [0.25, 0.3) is 5.91 Å². The molecule has 2 N–H and O–H groups in total. The summed E-state index contributed by atoms with van der Waals surface area (Å²) in [7, 11) is 0. The lowest BCUT2D eigenvalue weighted by Gasteiger charge is -2.27. The van der Waals surface area contributed by atoms with Gasteiger partial charge in [0, 0.05) is 13.0 Å². The van der Waals surface area contributed by atoms with Gasteiger partial charge in [-0.3, -0.25) is 9.59 Å². The van der Waals surface area contributed by atoms with Crippen molar-refractivity contribution in [2.75, 3.05) is 19.8 Å². The Hall–Kier alpha value is -2.34. The first-order valence-corrected chi connectivity index (χ1v) is 9.01. The summed E-state index contributed by atoms with van der Waals surface area (Å²) >= 11 is 0. The average Bonchev–Trinajstić information content (AvgIpc) is 2.85. The normalized spacial score (nSPS) is 17.3. The summed E-state index contributed by atoms with van der Waals surface area (Å²) in [4.78, 5) is 26.8. The van der Waals surface area contributed by atoms with Crippen LogP contribution in [-0.2, 0) is 9.59 Å². The molecule has 1 aromatic carbocycles. The SMILES string of the molecule is CCCN1C(=O)C(O)=C(C(=O)CC(C)C)C1c1cccc(OCCO)c1. The lowest BCUT2D eigenvalue weighted by atomic mass is 9.92. The number of Topliss-reactive ketones (excluding diaryl/α,β-unsaturated/α-hetero) is 1. The van der Waals surface area contributed by atoms with E-state index in [9.17, 15) is 14.7 Å². The van der Waals surface area contributed by atoms with Crippen molar-refractivity contribution in [1.82, 2.24) is 4.90 Å². The Morgan fingerprint density at radius 1 is 1.35 bits per heavy atom. The molecule has 0 spiro atoms. The lowest BCUT2D eigenvalue weighted by Crippen LogP contribution is -2.32. The second-order valence-corrected chi connectivity index (χ2v) is 6.83. The summed E-state index contributed by atoms with van der Waals surface area (Å²) in [6.07, 6.45) is 0.978. The van der Waals surface area contributed by atoms with Crippen molar-refractivity contribution in [3.8, 4) is 5.75 Å². The predicted molar refractivity (Wildman–Crippen MR) is 97.9 cm³/mol. The largest absolute Gasteiger partial charge is 0.503 e. The number of carbonyl (C=O) groups excluding carboxylic acids is 2. The fourth-order valence-corrected chi connectivity index (χ4v) is 3.18. The molecule has 1 heterocycles. The van der Waals surface area contributed by atoms with Crippen LogP contribution in [0.4, 0.5) is 0 Å². The number of hydrogen-bond donors (Lipinski definition) is 2. The Balaban J connectivity index is 2.45. The zero-order chi connectivity index (χ0) is 19.3. The van der Waals surface area contributed by atoms with Crippen LogP contribution >= 0.6 is 0 Å². The number of amides is 1. The molecule has 0 bridgehead atoms. The summed E-state index contributed by atoms with van der Waals surface area (Å²) in [5, 5.41) is 19.3. The third-order valence-corrected chi connectivity index (χ3v) is 4.20. The zero-order valence-electron chi connectivity index (χ0n) is 15.6. The molecule has 1 aliphatic rings. The Kier molecular flexibility index (Phi) is 6.80. The second-order valence-electron chi connectivity index (χ2n) is 6.83. The number of ether oxygens (including phenoxy) is 1. The molecule has 0 saturated carbocycles. The van der Waals surface area contributed by atoms with Crippen molar-refractivity contribution in [3.63, 3.8) is 0 Å². The topological polar surface area (TPSA) is 87.1 Å². The van der Waals surface area contributed by atoms with Crippen molar-refractivity contribution in [3.05, 3.63) is 41.2 Å². The maximum atomic E-state index is 12.7. The van der Waals surface area contributed by atoms with Gasteiger partial charge in [0.2, 0.25) is 0 Å². The van der Waals surface area contributed by atoms with Crippen LogP contribution in [0.15, 0.2) is 35.6 Å². The first-order chi connectivity index (χ1) is 12.4. The minimum absolute atomic E-state index is 0.104. The number of nitrogens with zero attached hydrogens (tertiary/aromatic N) is 1. The maximum Gasteiger partial charge on any atom is 0.290 e. The molecule has 0 aromatic heterocycles. The minimum Gasteiger partial charge on any atom is -0.503 e. The van der Waals surface area contributed by atoms with Crippen LogP contribution in [0.5, 0.6) is 5.75 Å².